The third-order valence-corrected chi connectivity index (χ3v) is 6.61. The van der Waals surface area contributed by atoms with Gasteiger partial charge in [-0.3, -0.25) is 9.69 Å². The normalized spacial score (nSPS) is 14.8. The molecule has 1 fully saturated rings. The fourth-order valence-corrected chi connectivity index (χ4v) is 4.93. The van der Waals surface area contributed by atoms with Gasteiger partial charge in [-0.25, -0.2) is 4.39 Å². The number of rotatable bonds is 6. The van der Waals surface area contributed by atoms with Crippen molar-refractivity contribution in [3.8, 4) is 11.5 Å². The summed E-state index contributed by atoms with van der Waals surface area (Å²) in [4.78, 5) is 14.9. The number of carbonyl (C=O) groups excluding carboxylic acids is 1. The van der Waals surface area contributed by atoms with Crippen molar-refractivity contribution < 1.29 is 18.7 Å². The standard InChI is InChI=1S/C24H16Cl2FNO3S2/c1-30-21-10-14(6-9-20(21)31-13-15-4-2-3-5-18(15)27)11-22-23(29)28(24(32)33-22)19-8-7-16(25)12-17(19)26/h2-12H,13H2,1H3/b22-11-. The summed E-state index contributed by atoms with van der Waals surface area (Å²) in [7, 11) is 1.51. The highest BCUT2D eigenvalue weighted by Gasteiger charge is 2.34. The lowest BCUT2D eigenvalue weighted by molar-refractivity contribution is -0.113. The summed E-state index contributed by atoms with van der Waals surface area (Å²) in [6.45, 7) is 0.0584. The molecular weight excluding hydrogens is 504 g/mol. The second-order valence-corrected chi connectivity index (χ2v) is 9.42. The summed E-state index contributed by atoms with van der Waals surface area (Å²) in [6, 6.07) is 16.5. The Morgan fingerprint density at radius 3 is 2.61 bits per heavy atom. The van der Waals surface area contributed by atoms with E-state index in [1.165, 1.54) is 29.8 Å². The van der Waals surface area contributed by atoms with Crippen molar-refractivity contribution in [2.45, 2.75) is 6.61 Å². The molecule has 0 spiro atoms. The van der Waals surface area contributed by atoms with Gasteiger partial charge in [0.2, 0.25) is 0 Å². The summed E-state index contributed by atoms with van der Waals surface area (Å²) >= 11 is 18.8. The SMILES string of the molecule is COc1cc(/C=C2\SC(=S)N(c3ccc(Cl)cc3Cl)C2=O)ccc1OCc1ccccc1F. The molecule has 4 nitrogen and oxygen atoms in total. The van der Waals surface area contributed by atoms with Gasteiger partial charge in [0.05, 0.1) is 22.7 Å². The van der Waals surface area contributed by atoms with Crippen LogP contribution in [0, 0.1) is 5.82 Å². The van der Waals surface area contributed by atoms with Crippen molar-refractivity contribution in [3.63, 3.8) is 0 Å². The van der Waals surface area contributed by atoms with Gasteiger partial charge in [0.1, 0.15) is 12.4 Å². The van der Waals surface area contributed by atoms with E-state index >= 15 is 0 Å². The maximum Gasteiger partial charge on any atom is 0.270 e. The first-order chi connectivity index (χ1) is 15.9. The molecule has 0 bridgehead atoms. The molecule has 0 aliphatic carbocycles. The molecule has 33 heavy (non-hydrogen) atoms. The van der Waals surface area contributed by atoms with E-state index in [0.29, 0.717) is 47.6 Å². The summed E-state index contributed by atoms with van der Waals surface area (Å²) in [5, 5.41) is 0.798. The zero-order chi connectivity index (χ0) is 23.5. The number of benzene rings is 3. The number of ether oxygens (including phenoxy) is 2. The molecule has 3 aromatic carbocycles. The predicted octanol–water partition coefficient (Wildman–Crippen LogP) is 7.13. The molecule has 1 aliphatic heterocycles. The fraction of sp³-hybridized carbons (Fsp3) is 0.0833. The average Bonchev–Trinajstić information content (AvgIpc) is 3.06. The molecule has 4 rings (SSSR count). The van der Waals surface area contributed by atoms with Gasteiger partial charge in [-0.2, -0.15) is 0 Å². The zero-order valence-corrected chi connectivity index (χ0v) is 20.3. The number of amides is 1. The van der Waals surface area contributed by atoms with Crippen LogP contribution in [0.3, 0.4) is 0 Å². The van der Waals surface area contributed by atoms with Crippen molar-refractivity contribution in [1.82, 2.24) is 0 Å². The van der Waals surface area contributed by atoms with Crippen LogP contribution in [0.2, 0.25) is 10.0 Å². The van der Waals surface area contributed by atoms with E-state index in [1.807, 2.05) is 0 Å². The molecule has 1 saturated heterocycles. The molecule has 1 aliphatic rings. The maximum atomic E-state index is 13.9. The van der Waals surface area contributed by atoms with E-state index in [0.717, 1.165) is 0 Å². The van der Waals surface area contributed by atoms with Gasteiger partial charge in [-0.05, 0) is 48.0 Å². The molecule has 0 unspecified atom stereocenters. The summed E-state index contributed by atoms with van der Waals surface area (Å²) in [5.41, 5.74) is 1.63. The highest BCUT2D eigenvalue weighted by atomic mass is 35.5. The predicted molar refractivity (Wildman–Crippen MR) is 136 cm³/mol. The highest BCUT2D eigenvalue weighted by molar-refractivity contribution is 8.27. The van der Waals surface area contributed by atoms with Crippen LogP contribution in [0.15, 0.2) is 65.6 Å². The second kappa shape index (κ2) is 10.1. The maximum absolute atomic E-state index is 13.9. The summed E-state index contributed by atoms with van der Waals surface area (Å²) < 4.78 is 25.4. The van der Waals surface area contributed by atoms with Crippen LogP contribution in [-0.4, -0.2) is 17.3 Å². The first-order valence-electron chi connectivity index (χ1n) is 9.64. The van der Waals surface area contributed by atoms with Crippen molar-refractivity contribution >= 4 is 69.2 Å². The Labute approximate surface area is 209 Å². The number of thiocarbonyl (C=S) groups is 1. The van der Waals surface area contributed by atoms with E-state index < -0.39 is 0 Å². The number of anilines is 1. The smallest absolute Gasteiger partial charge is 0.270 e. The van der Waals surface area contributed by atoms with Crippen LogP contribution in [0.5, 0.6) is 11.5 Å². The second-order valence-electron chi connectivity index (χ2n) is 6.90. The number of halogens is 3. The lowest BCUT2D eigenvalue weighted by Gasteiger charge is -2.16. The molecule has 1 amide bonds. The molecule has 0 N–H and O–H groups in total. The monoisotopic (exact) mass is 519 g/mol. The topological polar surface area (TPSA) is 38.8 Å². The lowest BCUT2D eigenvalue weighted by atomic mass is 10.1. The quantitative estimate of drug-likeness (QED) is 0.256. The van der Waals surface area contributed by atoms with Gasteiger partial charge < -0.3 is 9.47 Å². The molecule has 0 radical (unpaired) electrons. The minimum atomic E-state index is -0.337. The van der Waals surface area contributed by atoms with Gasteiger partial charge in [0, 0.05) is 10.6 Å². The van der Waals surface area contributed by atoms with Crippen LogP contribution >= 0.6 is 47.2 Å². The third-order valence-electron chi connectivity index (χ3n) is 4.77. The van der Waals surface area contributed by atoms with Gasteiger partial charge >= 0.3 is 0 Å². The molecule has 9 heteroatoms. The van der Waals surface area contributed by atoms with Crippen LogP contribution in [0.25, 0.3) is 6.08 Å². The van der Waals surface area contributed by atoms with E-state index in [-0.39, 0.29) is 18.3 Å². The Balaban J connectivity index is 1.55. The Morgan fingerprint density at radius 1 is 1.09 bits per heavy atom. The number of methoxy groups -OCH3 is 1. The Bertz CT molecular complexity index is 1280. The summed E-state index contributed by atoms with van der Waals surface area (Å²) in [6.07, 6.45) is 1.71. The minimum absolute atomic E-state index is 0.0584. The number of hydrogen-bond acceptors (Lipinski definition) is 5. The van der Waals surface area contributed by atoms with Crippen molar-refractivity contribution in [2.24, 2.45) is 0 Å². The van der Waals surface area contributed by atoms with Gasteiger partial charge in [0.15, 0.2) is 15.8 Å². The lowest BCUT2D eigenvalue weighted by Crippen LogP contribution is -2.27. The largest absolute Gasteiger partial charge is 0.493 e. The van der Waals surface area contributed by atoms with E-state index in [4.69, 9.17) is 44.9 Å². The third kappa shape index (κ3) is 5.17. The summed E-state index contributed by atoms with van der Waals surface area (Å²) in [5.74, 6) is 0.290. The van der Waals surface area contributed by atoms with Crippen LogP contribution in [-0.2, 0) is 11.4 Å². The molecular formula is C24H16Cl2FNO3S2. The Kier molecular flexibility index (Phi) is 7.24. The number of thioether (sulfide) groups is 1. The molecule has 0 saturated carbocycles. The van der Waals surface area contributed by atoms with E-state index in [1.54, 1.807) is 60.7 Å². The minimum Gasteiger partial charge on any atom is -0.493 e. The van der Waals surface area contributed by atoms with Crippen molar-refractivity contribution in [3.05, 3.63) is 92.6 Å². The number of nitrogens with zero attached hydrogens (tertiary/aromatic N) is 1. The average molecular weight is 520 g/mol. The fourth-order valence-electron chi connectivity index (χ4n) is 3.15. The Hall–Kier alpha value is -2.58. The first-order valence-corrected chi connectivity index (χ1v) is 11.6. The number of carbonyl (C=O) groups is 1. The van der Waals surface area contributed by atoms with Gasteiger partial charge in [-0.15, -0.1) is 0 Å². The van der Waals surface area contributed by atoms with E-state index in [9.17, 15) is 9.18 Å². The molecule has 1 heterocycles. The van der Waals surface area contributed by atoms with Crippen molar-refractivity contribution in [1.29, 1.82) is 0 Å². The number of hydrogen-bond donors (Lipinski definition) is 0. The Morgan fingerprint density at radius 2 is 1.88 bits per heavy atom. The molecule has 0 aromatic heterocycles. The molecule has 0 atom stereocenters. The van der Waals surface area contributed by atoms with Crippen molar-refractivity contribution in [2.75, 3.05) is 12.0 Å². The first kappa shape index (κ1) is 23.6. The van der Waals surface area contributed by atoms with Crippen LogP contribution in [0.1, 0.15) is 11.1 Å². The van der Waals surface area contributed by atoms with Gasteiger partial charge in [0.25, 0.3) is 5.91 Å². The van der Waals surface area contributed by atoms with E-state index in [2.05, 4.69) is 0 Å². The van der Waals surface area contributed by atoms with Gasteiger partial charge in [-0.1, -0.05) is 71.4 Å². The molecule has 3 aromatic rings. The highest BCUT2D eigenvalue weighted by Crippen LogP contribution is 2.40. The van der Waals surface area contributed by atoms with Crippen LogP contribution in [0.4, 0.5) is 10.1 Å². The zero-order valence-electron chi connectivity index (χ0n) is 17.2. The molecule has 168 valence electrons. The van der Waals surface area contributed by atoms with Crippen LogP contribution < -0.4 is 14.4 Å².